The van der Waals surface area contributed by atoms with Gasteiger partial charge in [0.15, 0.2) is 5.16 Å². The summed E-state index contributed by atoms with van der Waals surface area (Å²) in [5.74, 6) is -0.401. The Morgan fingerprint density at radius 3 is 2.64 bits per heavy atom. The topological polar surface area (TPSA) is 67.8 Å². The molecule has 0 unspecified atom stereocenters. The summed E-state index contributed by atoms with van der Waals surface area (Å²) in [6, 6.07) is 4.38. The lowest BCUT2D eigenvalue weighted by molar-refractivity contribution is -0.141. The zero-order valence-corrected chi connectivity index (χ0v) is 14.4. The van der Waals surface area contributed by atoms with Gasteiger partial charge in [-0.1, -0.05) is 31.7 Å². The van der Waals surface area contributed by atoms with E-state index in [1.165, 1.54) is 0 Å². The van der Waals surface area contributed by atoms with Gasteiger partial charge in [-0.3, -0.25) is 9.78 Å². The molecule has 2 heterocycles. The maximum absolute atomic E-state index is 12.7. The Kier molecular flexibility index (Phi) is 6.35. The van der Waals surface area contributed by atoms with Gasteiger partial charge in [0.05, 0.1) is 5.25 Å². The lowest BCUT2D eigenvalue weighted by Crippen LogP contribution is -2.35. The fraction of sp³-hybridized carbons (Fsp3) is 0.375. The summed E-state index contributed by atoms with van der Waals surface area (Å²) >= 11 is 0.920. The van der Waals surface area contributed by atoms with Crippen molar-refractivity contribution in [3.63, 3.8) is 0 Å². The van der Waals surface area contributed by atoms with Gasteiger partial charge >= 0.3 is 6.18 Å². The van der Waals surface area contributed by atoms with E-state index in [-0.39, 0.29) is 17.0 Å². The number of rotatable bonds is 6. The van der Waals surface area contributed by atoms with Crippen LogP contribution in [-0.4, -0.2) is 26.1 Å². The summed E-state index contributed by atoms with van der Waals surface area (Å²) in [4.78, 5) is 23.7. The van der Waals surface area contributed by atoms with Gasteiger partial charge in [-0.05, 0) is 23.6 Å². The van der Waals surface area contributed by atoms with E-state index < -0.39 is 17.1 Å². The lowest BCUT2D eigenvalue weighted by atomic mass is 10.1. The van der Waals surface area contributed by atoms with Crippen LogP contribution < -0.4 is 5.32 Å². The number of alkyl halides is 3. The number of thioether (sulfide) groups is 1. The Balaban J connectivity index is 2.06. The van der Waals surface area contributed by atoms with Crippen LogP contribution in [0, 0.1) is 5.92 Å². The zero-order valence-electron chi connectivity index (χ0n) is 13.6. The predicted molar refractivity (Wildman–Crippen MR) is 87.6 cm³/mol. The van der Waals surface area contributed by atoms with Gasteiger partial charge in [-0.2, -0.15) is 13.2 Å². The first kappa shape index (κ1) is 19.2. The number of nitrogens with zero attached hydrogens (tertiary/aromatic N) is 3. The van der Waals surface area contributed by atoms with E-state index in [0.717, 1.165) is 29.6 Å². The maximum atomic E-state index is 12.7. The predicted octanol–water partition coefficient (Wildman–Crippen LogP) is 3.32. The van der Waals surface area contributed by atoms with Crippen LogP contribution in [0.4, 0.5) is 13.2 Å². The SMILES string of the molecule is CC(C)[C@@H](Sc1nccc(C(F)(F)F)n1)C(=O)NCc1cccnc1. The second-order valence-corrected chi connectivity index (χ2v) is 6.69. The molecule has 0 aliphatic carbocycles. The van der Waals surface area contributed by atoms with Crippen molar-refractivity contribution in [2.24, 2.45) is 5.92 Å². The minimum Gasteiger partial charge on any atom is -0.351 e. The molecule has 0 aromatic carbocycles. The molecule has 134 valence electrons. The summed E-state index contributed by atoms with van der Waals surface area (Å²) in [6.07, 6.45) is -0.242. The summed E-state index contributed by atoms with van der Waals surface area (Å²) in [5, 5.41) is 2.08. The maximum Gasteiger partial charge on any atom is 0.433 e. The van der Waals surface area contributed by atoms with Gasteiger partial charge in [0.25, 0.3) is 0 Å². The molecule has 2 rings (SSSR count). The molecule has 1 N–H and O–H groups in total. The molecule has 1 amide bonds. The van der Waals surface area contributed by atoms with E-state index >= 15 is 0 Å². The fourth-order valence-corrected chi connectivity index (χ4v) is 2.92. The second-order valence-electron chi connectivity index (χ2n) is 5.58. The molecule has 25 heavy (non-hydrogen) atoms. The first-order valence-electron chi connectivity index (χ1n) is 7.51. The van der Waals surface area contributed by atoms with Crippen molar-refractivity contribution in [1.29, 1.82) is 0 Å². The van der Waals surface area contributed by atoms with Crippen LogP contribution in [0.1, 0.15) is 25.1 Å². The summed E-state index contributed by atoms with van der Waals surface area (Å²) in [5.41, 5.74) is -0.193. The summed E-state index contributed by atoms with van der Waals surface area (Å²) in [7, 11) is 0. The van der Waals surface area contributed by atoms with Crippen LogP contribution >= 0.6 is 11.8 Å². The molecular weight excluding hydrogens is 353 g/mol. The number of halogens is 3. The normalized spacial score (nSPS) is 12.9. The van der Waals surface area contributed by atoms with Crippen LogP contribution in [0.25, 0.3) is 0 Å². The Morgan fingerprint density at radius 2 is 2.04 bits per heavy atom. The van der Waals surface area contributed by atoms with Crippen LogP contribution in [0.5, 0.6) is 0 Å². The molecule has 1 atom stereocenters. The van der Waals surface area contributed by atoms with Crippen molar-refractivity contribution >= 4 is 17.7 Å². The average Bonchev–Trinajstić information content (AvgIpc) is 2.58. The van der Waals surface area contributed by atoms with Crippen LogP contribution in [0.15, 0.2) is 41.9 Å². The van der Waals surface area contributed by atoms with E-state index in [9.17, 15) is 18.0 Å². The molecule has 0 saturated carbocycles. The molecule has 0 aliphatic heterocycles. The van der Waals surface area contributed by atoms with Gasteiger partial charge in [0.1, 0.15) is 5.69 Å². The molecule has 0 spiro atoms. The standard InChI is InChI=1S/C16H17F3N4OS/c1-10(2)13(14(24)22-9-11-4-3-6-20-8-11)25-15-21-7-5-12(23-15)16(17,18)19/h3-8,10,13H,9H2,1-2H3,(H,22,24)/t13-/m1/s1. The number of nitrogens with one attached hydrogen (secondary N) is 1. The molecule has 2 aromatic rings. The smallest absolute Gasteiger partial charge is 0.351 e. The Labute approximate surface area is 147 Å². The number of hydrogen-bond donors (Lipinski definition) is 1. The van der Waals surface area contributed by atoms with E-state index in [0.29, 0.717) is 6.54 Å². The third kappa shape index (κ3) is 5.70. The molecule has 5 nitrogen and oxygen atoms in total. The van der Waals surface area contributed by atoms with Crippen molar-refractivity contribution in [3.05, 3.63) is 48.0 Å². The molecule has 2 aromatic heterocycles. The highest BCUT2D eigenvalue weighted by atomic mass is 32.2. The monoisotopic (exact) mass is 370 g/mol. The van der Waals surface area contributed by atoms with Gasteiger partial charge in [-0.25, -0.2) is 9.97 Å². The Bertz CT molecular complexity index is 710. The van der Waals surface area contributed by atoms with E-state index in [1.807, 2.05) is 19.9 Å². The van der Waals surface area contributed by atoms with Crippen molar-refractivity contribution in [2.45, 2.75) is 37.0 Å². The first-order chi connectivity index (χ1) is 11.8. The molecule has 0 bridgehead atoms. The molecule has 0 radical (unpaired) electrons. The number of carbonyl (C=O) groups is 1. The third-order valence-corrected chi connectivity index (χ3v) is 4.63. The summed E-state index contributed by atoms with van der Waals surface area (Å²) in [6.45, 7) is 3.92. The van der Waals surface area contributed by atoms with E-state index in [1.54, 1.807) is 18.5 Å². The molecular formula is C16H17F3N4OS. The van der Waals surface area contributed by atoms with Crippen LogP contribution in [0.3, 0.4) is 0 Å². The number of amides is 1. The Morgan fingerprint density at radius 1 is 1.28 bits per heavy atom. The van der Waals surface area contributed by atoms with Gasteiger partial charge in [0.2, 0.25) is 5.91 Å². The number of aromatic nitrogens is 3. The minimum absolute atomic E-state index is 0.0787. The van der Waals surface area contributed by atoms with Crippen LogP contribution in [-0.2, 0) is 17.5 Å². The highest BCUT2D eigenvalue weighted by Crippen LogP contribution is 2.30. The van der Waals surface area contributed by atoms with Gasteiger partial charge < -0.3 is 5.32 Å². The number of carbonyl (C=O) groups excluding carboxylic acids is 1. The average molecular weight is 370 g/mol. The number of hydrogen-bond acceptors (Lipinski definition) is 5. The third-order valence-electron chi connectivity index (χ3n) is 3.21. The van der Waals surface area contributed by atoms with E-state index in [2.05, 4.69) is 20.3 Å². The molecule has 0 fully saturated rings. The number of pyridine rings is 1. The van der Waals surface area contributed by atoms with Crippen molar-refractivity contribution in [2.75, 3.05) is 0 Å². The van der Waals surface area contributed by atoms with Crippen molar-refractivity contribution in [3.8, 4) is 0 Å². The van der Waals surface area contributed by atoms with Gasteiger partial charge in [0, 0.05) is 25.1 Å². The minimum atomic E-state index is -4.55. The lowest BCUT2D eigenvalue weighted by Gasteiger charge is -2.19. The van der Waals surface area contributed by atoms with Crippen molar-refractivity contribution < 1.29 is 18.0 Å². The summed E-state index contributed by atoms with van der Waals surface area (Å²) < 4.78 is 38.2. The largest absolute Gasteiger partial charge is 0.433 e. The Hall–Kier alpha value is -2.16. The van der Waals surface area contributed by atoms with Gasteiger partial charge in [-0.15, -0.1) is 0 Å². The molecule has 9 heteroatoms. The quantitative estimate of drug-likeness (QED) is 0.624. The highest BCUT2D eigenvalue weighted by molar-refractivity contribution is 8.00. The highest BCUT2D eigenvalue weighted by Gasteiger charge is 2.33. The van der Waals surface area contributed by atoms with Crippen LogP contribution in [0.2, 0.25) is 0 Å². The van der Waals surface area contributed by atoms with Crippen molar-refractivity contribution in [1.82, 2.24) is 20.3 Å². The fourth-order valence-electron chi connectivity index (χ4n) is 1.95. The second kappa shape index (κ2) is 8.28. The zero-order chi connectivity index (χ0) is 18.4. The van der Waals surface area contributed by atoms with E-state index in [4.69, 9.17) is 0 Å². The molecule has 0 aliphatic rings. The molecule has 0 saturated heterocycles. The first-order valence-corrected chi connectivity index (χ1v) is 8.39.